The Morgan fingerprint density at radius 1 is 0.692 bits per heavy atom. The van der Waals surface area contributed by atoms with Gasteiger partial charge >= 0.3 is 0 Å². The lowest BCUT2D eigenvalue weighted by atomic mass is 9.99. The molecule has 0 spiro atoms. The van der Waals surface area contributed by atoms with Gasteiger partial charge in [-0.05, 0) is 25.0 Å². The molecule has 138 valence electrons. The minimum Gasteiger partial charge on any atom is -0.507 e. The van der Waals surface area contributed by atoms with Crippen LogP contribution in [0.15, 0.2) is 36.4 Å². The fraction of sp³-hybridized carbons (Fsp3) is 0.364. The van der Waals surface area contributed by atoms with E-state index in [4.69, 9.17) is 9.47 Å². The lowest BCUT2D eigenvalue weighted by Gasteiger charge is -2.19. The van der Waals surface area contributed by atoms with E-state index in [2.05, 4.69) is 13.8 Å². The summed E-state index contributed by atoms with van der Waals surface area (Å²) in [7, 11) is 0. The van der Waals surface area contributed by atoms with E-state index >= 15 is 0 Å². The highest BCUT2D eigenvalue weighted by Gasteiger charge is 2.20. The molecule has 0 atom stereocenters. The molecular formula is C22H26O4. The van der Waals surface area contributed by atoms with Crippen LogP contribution in [-0.2, 0) is 0 Å². The van der Waals surface area contributed by atoms with Gasteiger partial charge in [-0.25, -0.2) is 0 Å². The van der Waals surface area contributed by atoms with Crippen LogP contribution in [0.1, 0.15) is 39.5 Å². The zero-order valence-corrected chi connectivity index (χ0v) is 15.4. The van der Waals surface area contributed by atoms with Gasteiger partial charge in [0.05, 0.1) is 24.0 Å². The summed E-state index contributed by atoms with van der Waals surface area (Å²) in [6.07, 6.45) is 3.88. The van der Waals surface area contributed by atoms with E-state index in [1.165, 1.54) is 0 Å². The second-order valence-corrected chi connectivity index (χ2v) is 6.46. The van der Waals surface area contributed by atoms with Crippen molar-refractivity contribution in [2.24, 2.45) is 0 Å². The van der Waals surface area contributed by atoms with Crippen molar-refractivity contribution in [2.75, 3.05) is 13.2 Å². The quantitative estimate of drug-likeness (QED) is 0.399. The molecule has 0 aliphatic rings. The number of phenolic OH excluding ortho intramolecular Hbond substituents is 2. The number of hydrogen-bond donors (Lipinski definition) is 2. The van der Waals surface area contributed by atoms with Gasteiger partial charge in [-0.2, -0.15) is 0 Å². The van der Waals surface area contributed by atoms with Crippen molar-refractivity contribution in [3.8, 4) is 23.0 Å². The normalized spacial score (nSPS) is 11.2. The molecule has 0 aliphatic heterocycles. The highest BCUT2D eigenvalue weighted by molar-refractivity contribution is 6.14. The molecule has 2 N–H and O–H groups in total. The van der Waals surface area contributed by atoms with Gasteiger partial charge in [-0.1, -0.05) is 51.0 Å². The number of hydrogen-bond acceptors (Lipinski definition) is 4. The number of aromatic hydroxyl groups is 2. The fourth-order valence-electron chi connectivity index (χ4n) is 3.14. The van der Waals surface area contributed by atoms with E-state index in [1.54, 1.807) is 24.3 Å². The Morgan fingerprint density at radius 3 is 1.50 bits per heavy atom. The maximum atomic E-state index is 10.5. The largest absolute Gasteiger partial charge is 0.507 e. The molecule has 4 heteroatoms. The van der Waals surface area contributed by atoms with Crippen molar-refractivity contribution in [3.05, 3.63) is 36.4 Å². The first-order valence-electron chi connectivity index (χ1n) is 9.34. The highest BCUT2D eigenvalue weighted by atomic mass is 16.5. The molecule has 0 aromatic heterocycles. The molecule has 0 fully saturated rings. The molecule has 0 unspecified atom stereocenters. The smallest absolute Gasteiger partial charge is 0.139 e. The molecule has 3 aromatic carbocycles. The molecule has 0 amide bonds. The number of phenols is 2. The second-order valence-electron chi connectivity index (χ2n) is 6.46. The minimum atomic E-state index is 0.152. The Bertz CT molecular complexity index is 826. The third-order valence-electron chi connectivity index (χ3n) is 4.52. The summed E-state index contributed by atoms with van der Waals surface area (Å²) in [5.74, 6) is 1.50. The number of benzene rings is 3. The predicted molar refractivity (Wildman–Crippen MR) is 106 cm³/mol. The minimum absolute atomic E-state index is 0.152. The molecule has 26 heavy (non-hydrogen) atoms. The van der Waals surface area contributed by atoms with Crippen molar-refractivity contribution < 1.29 is 19.7 Å². The molecule has 0 bridgehead atoms. The summed E-state index contributed by atoms with van der Waals surface area (Å²) >= 11 is 0. The van der Waals surface area contributed by atoms with Crippen LogP contribution in [0, 0.1) is 0 Å². The van der Waals surface area contributed by atoms with Crippen molar-refractivity contribution in [3.63, 3.8) is 0 Å². The fourth-order valence-corrected chi connectivity index (χ4v) is 3.14. The molecule has 3 rings (SSSR count). The van der Waals surface area contributed by atoms with Crippen LogP contribution in [-0.4, -0.2) is 23.4 Å². The highest BCUT2D eigenvalue weighted by Crippen LogP contribution is 2.48. The molecule has 0 saturated carbocycles. The average molecular weight is 354 g/mol. The summed E-state index contributed by atoms with van der Waals surface area (Å²) in [5, 5.41) is 23.8. The Labute approximate surface area is 154 Å². The number of unbranched alkanes of at least 4 members (excludes halogenated alkanes) is 2. The maximum absolute atomic E-state index is 10.5. The lowest BCUT2D eigenvalue weighted by molar-refractivity contribution is 0.310. The molecule has 3 aromatic rings. The van der Waals surface area contributed by atoms with Crippen molar-refractivity contribution in [1.29, 1.82) is 0 Å². The van der Waals surface area contributed by atoms with Gasteiger partial charge in [-0.15, -0.1) is 0 Å². The molecule has 0 aliphatic carbocycles. The van der Waals surface area contributed by atoms with Crippen molar-refractivity contribution in [1.82, 2.24) is 0 Å². The average Bonchev–Trinajstić information content (AvgIpc) is 2.64. The number of ether oxygens (including phenoxy) is 2. The van der Waals surface area contributed by atoms with Crippen LogP contribution < -0.4 is 9.47 Å². The first kappa shape index (κ1) is 18.2. The number of rotatable bonds is 8. The molecule has 0 heterocycles. The molecular weight excluding hydrogens is 328 g/mol. The van der Waals surface area contributed by atoms with E-state index in [-0.39, 0.29) is 11.5 Å². The zero-order chi connectivity index (χ0) is 18.5. The Balaban J connectivity index is 2.30. The lowest BCUT2D eigenvalue weighted by Crippen LogP contribution is -2.02. The Hall–Kier alpha value is -2.62. The summed E-state index contributed by atoms with van der Waals surface area (Å²) < 4.78 is 12.1. The summed E-state index contributed by atoms with van der Waals surface area (Å²) in [6, 6.07) is 10.7. The van der Waals surface area contributed by atoms with Gasteiger partial charge in [0.1, 0.15) is 23.0 Å². The zero-order valence-electron chi connectivity index (χ0n) is 15.4. The Morgan fingerprint density at radius 2 is 1.12 bits per heavy atom. The summed E-state index contributed by atoms with van der Waals surface area (Å²) in [6.45, 7) is 5.32. The molecule has 0 radical (unpaired) electrons. The third-order valence-corrected chi connectivity index (χ3v) is 4.52. The van der Waals surface area contributed by atoms with Crippen LogP contribution in [0.4, 0.5) is 0 Å². The van der Waals surface area contributed by atoms with Crippen molar-refractivity contribution in [2.45, 2.75) is 39.5 Å². The van der Waals surface area contributed by atoms with Crippen LogP contribution in [0.2, 0.25) is 0 Å². The van der Waals surface area contributed by atoms with Gasteiger partial charge in [-0.3, -0.25) is 0 Å². The molecule has 4 nitrogen and oxygen atoms in total. The van der Waals surface area contributed by atoms with E-state index < -0.39 is 0 Å². The predicted octanol–water partition coefficient (Wildman–Crippen LogP) is 5.76. The van der Waals surface area contributed by atoms with Crippen LogP contribution in [0.25, 0.3) is 21.5 Å². The van der Waals surface area contributed by atoms with Gasteiger partial charge in [0.25, 0.3) is 0 Å². The SMILES string of the molecule is CCCCOc1c2cccc(O)c2c(OCCCC)c2cccc(O)c12. The van der Waals surface area contributed by atoms with Gasteiger partial charge in [0.15, 0.2) is 0 Å². The Kier molecular flexibility index (Phi) is 5.71. The van der Waals surface area contributed by atoms with Crippen LogP contribution in [0.3, 0.4) is 0 Å². The van der Waals surface area contributed by atoms with E-state index in [9.17, 15) is 10.2 Å². The maximum Gasteiger partial charge on any atom is 0.139 e. The third kappa shape index (κ3) is 3.36. The monoisotopic (exact) mass is 354 g/mol. The van der Waals surface area contributed by atoms with Crippen LogP contribution in [0.5, 0.6) is 23.0 Å². The van der Waals surface area contributed by atoms with Crippen molar-refractivity contribution >= 4 is 21.5 Å². The first-order chi connectivity index (χ1) is 12.7. The van der Waals surface area contributed by atoms with E-state index in [1.807, 2.05) is 12.1 Å². The topological polar surface area (TPSA) is 58.9 Å². The second kappa shape index (κ2) is 8.17. The van der Waals surface area contributed by atoms with E-state index in [0.29, 0.717) is 35.5 Å². The summed E-state index contributed by atoms with van der Waals surface area (Å²) in [5.41, 5.74) is 0. The standard InChI is InChI=1S/C22H26O4/c1-3-5-13-25-21-15-9-7-12-18(24)20(15)22(26-14-6-4-2)16-10-8-11-17(23)19(16)21/h7-12,23-24H,3-6,13-14H2,1-2H3. The first-order valence-corrected chi connectivity index (χ1v) is 9.34. The number of fused-ring (bicyclic) bond motifs is 2. The van der Waals surface area contributed by atoms with E-state index in [0.717, 1.165) is 36.5 Å². The molecule has 0 saturated heterocycles. The van der Waals surface area contributed by atoms with Gasteiger partial charge in [0.2, 0.25) is 0 Å². The van der Waals surface area contributed by atoms with Gasteiger partial charge < -0.3 is 19.7 Å². The van der Waals surface area contributed by atoms with Crippen LogP contribution >= 0.6 is 0 Å². The summed E-state index contributed by atoms with van der Waals surface area (Å²) in [4.78, 5) is 0. The van der Waals surface area contributed by atoms with Gasteiger partial charge in [0, 0.05) is 10.8 Å².